The topological polar surface area (TPSA) is 213 Å². The molecule has 11 heteroatoms. The third-order valence-corrected chi connectivity index (χ3v) is 0.533. The summed E-state index contributed by atoms with van der Waals surface area (Å²) in [5.41, 5.74) is 10.1. The van der Waals surface area contributed by atoms with Gasteiger partial charge in [-0.25, -0.2) is 0 Å². The van der Waals surface area contributed by atoms with Crippen LogP contribution in [0.15, 0.2) is 0 Å². The van der Waals surface area contributed by atoms with Gasteiger partial charge in [0.15, 0.2) is 0 Å². The van der Waals surface area contributed by atoms with Gasteiger partial charge in [0.2, 0.25) is 0 Å². The zero-order valence-electron chi connectivity index (χ0n) is 12.1. The second-order valence-corrected chi connectivity index (χ2v) is 3.69. The second-order valence-electron chi connectivity index (χ2n) is 2.74. The maximum absolute atomic E-state index is 8.89. The first-order chi connectivity index (χ1) is 9.20. The van der Waals surface area contributed by atoms with E-state index in [1.807, 2.05) is 0 Å². The van der Waals surface area contributed by atoms with Crippen molar-refractivity contribution < 1.29 is 55.9 Å². The molecule has 0 aromatic rings. The van der Waals surface area contributed by atoms with Gasteiger partial charge in [0.05, 0.1) is 0 Å². The van der Waals surface area contributed by atoms with Crippen LogP contribution in [-0.2, 0) is 35.5 Å². The summed E-state index contributed by atoms with van der Waals surface area (Å²) in [6.45, 7) is 4.42. The standard InChI is InChI=1S/C2H7N2.4C2H4O2.Cr/c3-1-2-4;4*1-2(3)4;/h1H,2-4H2;4*1H3,(H,3,4);/q;;;;;+4/p-4. The van der Waals surface area contributed by atoms with E-state index < -0.39 is 23.9 Å². The Bertz CT molecular complexity index is 220. The molecule has 1 unspecified atom stereocenters. The van der Waals surface area contributed by atoms with Gasteiger partial charge in [-0.15, -0.1) is 0 Å². The summed E-state index contributed by atoms with van der Waals surface area (Å²) < 4.78 is 0. The summed E-state index contributed by atoms with van der Waals surface area (Å²) in [5, 5.41) is 35.6. The number of carboxylic acid groups (broad SMARTS) is 4. The van der Waals surface area contributed by atoms with E-state index >= 15 is 0 Å². The molecule has 0 aromatic carbocycles. The van der Waals surface area contributed by atoms with Crippen LogP contribution in [0.4, 0.5) is 0 Å². The second kappa shape index (κ2) is 26.8. The van der Waals surface area contributed by atoms with Gasteiger partial charge < -0.3 is 39.6 Å². The molecule has 0 amide bonds. The summed E-state index contributed by atoms with van der Waals surface area (Å²) in [6.07, 6.45) is 0. The molecule has 0 aliphatic rings. The normalized spacial score (nSPS) is 8.38. The first kappa shape index (κ1) is 31.6. The van der Waals surface area contributed by atoms with Crippen LogP contribution in [0.3, 0.4) is 0 Å². The molecule has 0 fully saturated rings. The zero-order chi connectivity index (χ0) is 18.6. The summed E-state index contributed by atoms with van der Waals surface area (Å²) in [6, 6.07) is 0. The first-order valence-electron chi connectivity index (χ1n) is 5.02. The Kier molecular flexibility index (Phi) is 40.4. The molecule has 0 bridgehead atoms. The summed E-state index contributed by atoms with van der Waals surface area (Å²) >= 11 is 2.64. The fraction of sp³-hybridized carbons (Fsp3) is 0.600. The van der Waals surface area contributed by atoms with Gasteiger partial charge in [0.1, 0.15) is 0 Å². The fourth-order valence-corrected chi connectivity index (χ4v) is 0. The van der Waals surface area contributed by atoms with E-state index in [0.29, 0.717) is 6.54 Å². The van der Waals surface area contributed by atoms with Gasteiger partial charge in [-0.2, -0.15) is 0 Å². The van der Waals surface area contributed by atoms with E-state index in [0.717, 1.165) is 27.7 Å². The van der Waals surface area contributed by atoms with Crippen molar-refractivity contribution >= 4 is 23.9 Å². The van der Waals surface area contributed by atoms with Gasteiger partial charge in [0, 0.05) is 23.9 Å². The summed E-state index contributed by atoms with van der Waals surface area (Å²) in [5.74, 6) is -4.33. The molecule has 123 valence electrons. The average molecular weight is 347 g/mol. The van der Waals surface area contributed by atoms with E-state index in [9.17, 15) is 0 Å². The van der Waals surface area contributed by atoms with Crippen LogP contribution in [0.2, 0.25) is 0 Å². The molecule has 4 N–H and O–H groups in total. The molecule has 0 aliphatic heterocycles. The van der Waals surface area contributed by atoms with Gasteiger partial charge >= 0.3 is 39.2 Å². The maximum atomic E-state index is 8.89. The number of rotatable bonds is 1. The van der Waals surface area contributed by atoms with Crippen molar-refractivity contribution in [2.75, 3.05) is 6.54 Å². The van der Waals surface area contributed by atoms with E-state index in [1.165, 1.54) is 0 Å². The van der Waals surface area contributed by atoms with Crippen LogP contribution in [-0.4, -0.2) is 35.3 Å². The number of carbonyl (C=O) groups excluding carboxylic acids is 4. The number of hydrogen-bond donors (Lipinski definition) is 2. The van der Waals surface area contributed by atoms with Crippen LogP contribution in [0.1, 0.15) is 27.7 Å². The molecule has 21 heavy (non-hydrogen) atoms. The molecule has 0 aliphatic carbocycles. The van der Waals surface area contributed by atoms with Crippen molar-refractivity contribution in [3.05, 3.63) is 0 Å². The number of carboxylic acids is 4. The Morgan fingerprint density at radius 2 is 0.857 bits per heavy atom. The Morgan fingerprint density at radius 3 is 0.857 bits per heavy atom. The third kappa shape index (κ3) is 44200. The minimum atomic E-state index is -1.08. The minimum absolute atomic E-state index is 0.0370. The first-order valence-corrected chi connectivity index (χ1v) is 5.75. The average Bonchev–Trinajstić information content (AvgIpc) is 2.13. The SMILES string of the molecule is CC(=O)[O-].CC(=O)[O-].CC(=O)[O-].CC(=O)[O-].NC[CH](N)[Cr+4]. The fourth-order valence-electron chi connectivity index (χ4n) is 0. The zero-order valence-corrected chi connectivity index (χ0v) is 13.4. The van der Waals surface area contributed by atoms with Gasteiger partial charge in [-0.1, -0.05) is 0 Å². The van der Waals surface area contributed by atoms with Crippen molar-refractivity contribution in [1.29, 1.82) is 0 Å². The molecule has 10 nitrogen and oxygen atoms in total. The van der Waals surface area contributed by atoms with Crippen LogP contribution in [0.25, 0.3) is 0 Å². The molecule has 0 heterocycles. The van der Waals surface area contributed by atoms with Crippen molar-refractivity contribution in [3.8, 4) is 0 Å². The Morgan fingerprint density at radius 1 is 0.810 bits per heavy atom. The molecule has 0 spiro atoms. The quantitative estimate of drug-likeness (QED) is 0.457. The molecule has 1 atom stereocenters. The van der Waals surface area contributed by atoms with E-state index in [2.05, 4.69) is 16.3 Å². The van der Waals surface area contributed by atoms with Crippen LogP contribution in [0.5, 0.6) is 0 Å². The molecule has 0 saturated heterocycles. The van der Waals surface area contributed by atoms with E-state index in [-0.39, 0.29) is 4.90 Å². The van der Waals surface area contributed by atoms with Crippen molar-refractivity contribution in [3.63, 3.8) is 0 Å². The Balaban J connectivity index is -0.0000000510. The third-order valence-electron chi connectivity index (χ3n) is 0.232. The van der Waals surface area contributed by atoms with Crippen LogP contribution < -0.4 is 31.9 Å². The van der Waals surface area contributed by atoms with Crippen molar-refractivity contribution in [2.45, 2.75) is 32.6 Å². The van der Waals surface area contributed by atoms with Gasteiger partial charge in [0.25, 0.3) is 0 Å². The van der Waals surface area contributed by atoms with Gasteiger partial charge in [-0.3, -0.25) is 0 Å². The van der Waals surface area contributed by atoms with Gasteiger partial charge in [-0.05, 0) is 27.7 Å². The molecule has 0 aromatic heterocycles. The van der Waals surface area contributed by atoms with Crippen molar-refractivity contribution in [2.24, 2.45) is 11.5 Å². The van der Waals surface area contributed by atoms with Crippen molar-refractivity contribution in [1.82, 2.24) is 0 Å². The predicted octanol–water partition coefficient (Wildman–Crippen LogP) is -6.20. The number of carbonyl (C=O) groups is 4. The molecule has 0 radical (unpaired) electrons. The molecular weight excluding hydrogens is 328 g/mol. The van der Waals surface area contributed by atoms with E-state index in [1.54, 1.807) is 0 Å². The predicted molar refractivity (Wildman–Crippen MR) is 59.8 cm³/mol. The molecular formula is C10H19CrN2O8. The molecule has 0 rings (SSSR count). The van der Waals surface area contributed by atoms with Crippen LogP contribution >= 0.6 is 0 Å². The number of hydrogen-bond acceptors (Lipinski definition) is 10. The van der Waals surface area contributed by atoms with Crippen LogP contribution in [0, 0.1) is 0 Å². The Labute approximate surface area is 131 Å². The Hall–Kier alpha value is -1.67. The summed E-state index contributed by atoms with van der Waals surface area (Å²) in [7, 11) is 0. The molecule has 0 saturated carbocycles. The monoisotopic (exact) mass is 347 g/mol. The van der Waals surface area contributed by atoms with E-state index in [4.69, 9.17) is 51.1 Å². The number of nitrogens with two attached hydrogens (primary N) is 2. The summed E-state index contributed by atoms with van der Waals surface area (Å²) in [4.78, 5) is 35.6. The number of aliphatic carboxylic acids is 4.